The van der Waals surface area contributed by atoms with Gasteiger partial charge in [-0.3, -0.25) is 0 Å². The van der Waals surface area contributed by atoms with E-state index in [0.29, 0.717) is 0 Å². The van der Waals surface area contributed by atoms with Crippen LogP contribution in [0, 0.1) is 12.1 Å². The first-order valence-electron chi connectivity index (χ1n) is 18.4. The van der Waals surface area contributed by atoms with Crippen LogP contribution in [0.3, 0.4) is 0 Å². The van der Waals surface area contributed by atoms with E-state index in [1.807, 2.05) is 54.7 Å². The van der Waals surface area contributed by atoms with E-state index in [1.165, 1.54) is 33.4 Å². The van der Waals surface area contributed by atoms with E-state index in [-0.39, 0.29) is 31.4 Å². The van der Waals surface area contributed by atoms with Gasteiger partial charge in [-0.25, -0.2) is 0 Å². The van der Waals surface area contributed by atoms with E-state index in [2.05, 4.69) is 159 Å². The fourth-order valence-corrected chi connectivity index (χ4v) is 7.08. The second kappa shape index (κ2) is 16.6. The fraction of sp³-hybridized carbons (Fsp3) is 0.0980. The largest absolute Gasteiger partial charge is 0.501 e. The monoisotopic (exact) mass is 889 g/mol. The standard InChI is InChI=1S/C34H28NO.C17H12N.Ir/c1-23(24-11-6-4-7-12-24)25-19-20-35-31(21-25)30-16-10-15-29-28-18-17-27(22-32(28)36-33(29)30)34(2,3)26-13-8-5-9-14-26;1-2-7-14(8-3-1)15-9-6-10-16(13-15)17-11-4-5-12-18-17;/h4-15,17-23H,1-3H3;1-9,11-13H;/q2*-1;. The molecule has 6 aromatic carbocycles. The summed E-state index contributed by atoms with van der Waals surface area (Å²) in [7, 11) is 0. The van der Waals surface area contributed by atoms with E-state index in [1.54, 1.807) is 6.20 Å². The second-order valence-corrected chi connectivity index (χ2v) is 14.1. The van der Waals surface area contributed by atoms with Crippen LogP contribution in [0.5, 0.6) is 0 Å². The van der Waals surface area contributed by atoms with Gasteiger partial charge in [-0.15, -0.1) is 53.6 Å². The smallest absolute Gasteiger partial charge is 0.121 e. The summed E-state index contributed by atoms with van der Waals surface area (Å²) in [6, 6.07) is 65.2. The van der Waals surface area contributed by atoms with Gasteiger partial charge in [0, 0.05) is 49.2 Å². The van der Waals surface area contributed by atoms with Gasteiger partial charge >= 0.3 is 0 Å². The predicted octanol–water partition coefficient (Wildman–Crippen LogP) is 13.1. The Kier molecular flexibility index (Phi) is 11.3. The molecule has 0 bridgehead atoms. The number of aromatic nitrogens is 2. The molecule has 3 aromatic heterocycles. The first-order valence-corrected chi connectivity index (χ1v) is 18.4. The molecule has 0 fully saturated rings. The summed E-state index contributed by atoms with van der Waals surface area (Å²) >= 11 is 0. The number of furan rings is 1. The molecule has 0 amide bonds. The summed E-state index contributed by atoms with van der Waals surface area (Å²) in [6.45, 7) is 6.75. The molecule has 0 spiro atoms. The van der Waals surface area contributed by atoms with Crippen molar-refractivity contribution in [2.45, 2.75) is 32.1 Å². The normalized spacial score (nSPS) is 11.7. The maximum absolute atomic E-state index is 6.52. The summed E-state index contributed by atoms with van der Waals surface area (Å²) in [5.74, 6) is 0.269. The third kappa shape index (κ3) is 7.98. The summed E-state index contributed by atoms with van der Waals surface area (Å²) < 4.78 is 6.52. The van der Waals surface area contributed by atoms with Crippen LogP contribution in [0.15, 0.2) is 187 Å². The van der Waals surface area contributed by atoms with E-state index >= 15 is 0 Å². The molecule has 1 radical (unpaired) electrons. The Labute approximate surface area is 337 Å². The number of nitrogens with zero attached hydrogens (tertiary/aromatic N) is 2. The minimum Gasteiger partial charge on any atom is -0.501 e. The molecule has 3 nitrogen and oxygen atoms in total. The first kappa shape index (κ1) is 37.4. The summed E-state index contributed by atoms with van der Waals surface area (Å²) in [6.07, 6.45) is 3.69. The minimum atomic E-state index is -0.132. The van der Waals surface area contributed by atoms with Crippen molar-refractivity contribution in [3.63, 3.8) is 0 Å². The molecule has 0 aliphatic carbocycles. The van der Waals surface area contributed by atoms with Crippen LogP contribution in [0.4, 0.5) is 0 Å². The molecule has 9 aromatic rings. The van der Waals surface area contributed by atoms with Crippen LogP contribution < -0.4 is 0 Å². The topological polar surface area (TPSA) is 38.9 Å². The first-order chi connectivity index (χ1) is 26.5. The Hall–Kier alpha value is -5.93. The Bertz CT molecular complexity index is 2580. The quantitative estimate of drug-likeness (QED) is 0.150. The van der Waals surface area contributed by atoms with Crippen molar-refractivity contribution in [3.05, 3.63) is 217 Å². The molecule has 0 aliphatic heterocycles. The molecule has 4 heteroatoms. The van der Waals surface area contributed by atoms with Gasteiger partial charge in [-0.1, -0.05) is 153 Å². The van der Waals surface area contributed by atoms with Gasteiger partial charge in [0.05, 0.1) is 5.58 Å². The van der Waals surface area contributed by atoms with Crippen molar-refractivity contribution < 1.29 is 24.5 Å². The molecule has 0 saturated carbocycles. The Morgan fingerprint density at radius 1 is 0.545 bits per heavy atom. The molecule has 3 heterocycles. The SMILES string of the molecule is CC(c1ccccc1)c1ccnc(-c2[c-]ccc3c2oc2cc(C(C)(C)c4ccccc4)ccc23)c1.[Ir].[c-]1ccc(-c2ccccc2)cc1-c1ccccn1. The second-order valence-electron chi connectivity index (χ2n) is 14.1. The van der Waals surface area contributed by atoms with Gasteiger partial charge in [0.25, 0.3) is 0 Å². The molecular formula is C51H40IrN2O-2. The Balaban J connectivity index is 0.000000206. The van der Waals surface area contributed by atoms with Crippen molar-refractivity contribution >= 4 is 21.9 Å². The number of hydrogen-bond acceptors (Lipinski definition) is 3. The van der Waals surface area contributed by atoms with Crippen molar-refractivity contribution in [1.82, 2.24) is 9.97 Å². The molecule has 55 heavy (non-hydrogen) atoms. The van der Waals surface area contributed by atoms with E-state index in [0.717, 1.165) is 44.5 Å². The van der Waals surface area contributed by atoms with Crippen molar-refractivity contribution in [2.24, 2.45) is 0 Å². The third-order valence-corrected chi connectivity index (χ3v) is 10.3. The van der Waals surface area contributed by atoms with Gasteiger partial charge in [-0.2, -0.15) is 0 Å². The zero-order chi connectivity index (χ0) is 36.9. The maximum Gasteiger partial charge on any atom is 0.121 e. The van der Waals surface area contributed by atoms with Gasteiger partial charge in [-0.05, 0) is 57.4 Å². The predicted molar refractivity (Wildman–Crippen MR) is 222 cm³/mol. The molecule has 9 rings (SSSR count). The summed E-state index contributed by atoms with van der Waals surface area (Å²) in [4.78, 5) is 9.06. The molecule has 1 unspecified atom stereocenters. The van der Waals surface area contributed by atoms with Crippen LogP contribution in [0.25, 0.3) is 55.6 Å². The minimum absolute atomic E-state index is 0. The Morgan fingerprint density at radius 3 is 1.98 bits per heavy atom. The average Bonchev–Trinajstić information content (AvgIpc) is 3.63. The number of hydrogen-bond donors (Lipinski definition) is 0. The number of benzene rings is 6. The third-order valence-electron chi connectivity index (χ3n) is 10.3. The van der Waals surface area contributed by atoms with Gasteiger partial charge in [0.1, 0.15) is 5.58 Å². The summed E-state index contributed by atoms with van der Waals surface area (Å²) in [5, 5.41) is 2.20. The maximum atomic E-state index is 6.52. The zero-order valence-electron chi connectivity index (χ0n) is 31.0. The van der Waals surface area contributed by atoms with E-state index in [9.17, 15) is 0 Å². The van der Waals surface area contributed by atoms with Crippen molar-refractivity contribution in [2.75, 3.05) is 0 Å². The van der Waals surface area contributed by atoms with Crippen molar-refractivity contribution in [1.29, 1.82) is 0 Å². The zero-order valence-corrected chi connectivity index (χ0v) is 33.4. The number of fused-ring (bicyclic) bond motifs is 3. The van der Waals surface area contributed by atoms with Gasteiger partial charge in [0.15, 0.2) is 0 Å². The number of rotatable bonds is 7. The molecule has 271 valence electrons. The average molecular weight is 889 g/mol. The molecule has 0 aliphatic rings. The fourth-order valence-electron chi connectivity index (χ4n) is 7.08. The van der Waals surface area contributed by atoms with Crippen LogP contribution in [-0.4, -0.2) is 9.97 Å². The molecule has 0 saturated heterocycles. The Morgan fingerprint density at radius 2 is 1.24 bits per heavy atom. The van der Waals surface area contributed by atoms with Crippen LogP contribution in [0.1, 0.15) is 48.9 Å². The number of pyridine rings is 2. The van der Waals surface area contributed by atoms with Crippen LogP contribution in [0.2, 0.25) is 0 Å². The summed E-state index contributed by atoms with van der Waals surface area (Å²) in [5.41, 5.74) is 12.8. The molecular weight excluding hydrogens is 849 g/mol. The van der Waals surface area contributed by atoms with Gasteiger partial charge in [0.2, 0.25) is 0 Å². The van der Waals surface area contributed by atoms with Gasteiger partial charge < -0.3 is 14.4 Å². The molecule has 1 atom stereocenters. The van der Waals surface area contributed by atoms with E-state index in [4.69, 9.17) is 9.40 Å². The van der Waals surface area contributed by atoms with E-state index < -0.39 is 0 Å². The molecule has 0 N–H and O–H groups in total. The van der Waals surface area contributed by atoms with Crippen LogP contribution in [-0.2, 0) is 25.5 Å². The van der Waals surface area contributed by atoms with Crippen molar-refractivity contribution in [3.8, 4) is 33.6 Å². The van der Waals surface area contributed by atoms with Crippen LogP contribution >= 0.6 is 0 Å².